The maximum absolute atomic E-state index is 6.22. The van der Waals surface area contributed by atoms with Crippen molar-refractivity contribution in [1.82, 2.24) is 0 Å². The summed E-state index contributed by atoms with van der Waals surface area (Å²) in [6, 6.07) is 9.29. The van der Waals surface area contributed by atoms with Crippen LogP contribution in [-0.4, -0.2) is 6.04 Å². The molecular weight excluding hydrogens is 242 g/mol. The third kappa shape index (κ3) is 2.98. The third-order valence-corrected chi connectivity index (χ3v) is 4.95. The standard InChI is InChI=1S/C19H27N/c1-19(2)12-14(11-17(20)13-19)10-16-8-5-7-15-6-3-4-9-18(15)16/h3-4,6,9,11,16-17H,5,7-8,10,12-13,20H2,1-2H3. The fourth-order valence-electron chi connectivity index (χ4n) is 4.27. The first kappa shape index (κ1) is 13.9. The highest BCUT2D eigenvalue weighted by Crippen LogP contribution is 2.41. The van der Waals surface area contributed by atoms with Crippen molar-refractivity contribution in [2.75, 3.05) is 0 Å². The van der Waals surface area contributed by atoms with Gasteiger partial charge in [0.25, 0.3) is 0 Å². The summed E-state index contributed by atoms with van der Waals surface area (Å²) in [6.45, 7) is 4.71. The fourth-order valence-corrected chi connectivity index (χ4v) is 4.27. The number of hydrogen-bond donors (Lipinski definition) is 1. The van der Waals surface area contributed by atoms with Gasteiger partial charge in [0.1, 0.15) is 0 Å². The van der Waals surface area contributed by atoms with Gasteiger partial charge in [-0.3, -0.25) is 0 Å². The zero-order chi connectivity index (χ0) is 14.2. The van der Waals surface area contributed by atoms with E-state index in [1.54, 1.807) is 16.7 Å². The Kier molecular flexibility index (Phi) is 3.72. The van der Waals surface area contributed by atoms with Crippen LogP contribution in [0.1, 0.15) is 63.0 Å². The molecule has 1 heteroatoms. The number of nitrogens with two attached hydrogens (primary N) is 1. The molecule has 0 aliphatic heterocycles. The second kappa shape index (κ2) is 5.37. The minimum absolute atomic E-state index is 0.257. The largest absolute Gasteiger partial charge is 0.324 e. The smallest absolute Gasteiger partial charge is 0.0231 e. The highest BCUT2D eigenvalue weighted by molar-refractivity contribution is 5.34. The van der Waals surface area contributed by atoms with E-state index in [2.05, 4.69) is 44.2 Å². The van der Waals surface area contributed by atoms with Gasteiger partial charge in [0.05, 0.1) is 0 Å². The van der Waals surface area contributed by atoms with E-state index in [0.29, 0.717) is 11.3 Å². The van der Waals surface area contributed by atoms with Crippen LogP contribution in [0.4, 0.5) is 0 Å². The monoisotopic (exact) mass is 269 g/mol. The summed E-state index contributed by atoms with van der Waals surface area (Å²) in [5.74, 6) is 0.715. The highest BCUT2D eigenvalue weighted by atomic mass is 14.6. The molecule has 0 saturated carbocycles. The van der Waals surface area contributed by atoms with Crippen molar-refractivity contribution in [2.45, 2.75) is 64.3 Å². The summed E-state index contributed by atoms with van der Waals surface area (Å²) in [4.78, 5) is 0. The molecule has 0 amide bonds. The van der Waals surface area contributed by atoms with Crippen LogP contribution in [0.25, 0.3) is 0 Å². The molecule has 0 saturated heterocycles. The van der Waals surface area contributed by atoms with E-state index < -0.39 is 0 Å². The molecule has 0 bridgehead atoms. The Bertz CT molecular complexity index is 512. The number of aryl methyl sites for hydroxylation is 1. The van der Waals surface area contributed by atoms with Crippen molar-refractivity contribution in [3.63, 3.8) is 0 Å². The van der Waals surface area contributed by atoms with Crippen LogP contribution in [0.3, 0.4) is 0 Å². The molecule has 1 nitrogen and oxygen atoms in total. The van der Waals surface area contributed by atoms with Gasteiger partial charge in [0.15, 0.2) is 0 Å². The normalized spacial score (nSPS) is 28.6. The molecule has 0 aromatic heterocycles. The summed E-state index contributed by atoms with van der Waals surface area (Å²) in [6.07, 6.45) is 9.85. The molecule has 2 N–H and O–H groups in total. The Morgan fingerprint density at radius 1 is 1.25 bits per heavy atom. The van der Waals surface area contributed by atoms with Crippen LogP contribution < -0.4 is 5.73 Å². The minimum atomic E-state index is 0.257. The predicted octanol–water partition coefficient (Wildman–Crippen LogP) is 4.57. The molecular formula is C19H27N. The topological polar surface area (TPSA) is 26.0 Å². The molecule has 1 aromatic rings. The first-order chi connectivity index (χ1) is 9.53. The Hall–Kier alpha value is -1.08. The summed E-state index contributed by atoms with van der Waals surface area (Å²) < 4.78 is 0. The van der Waals surface area contributed by atoms with E-state index in [1.165, 1.54) is 32.1 Å². The molecule has 0 heterocycles. The van der Waals surface area contributed by atoms with Crippen molar-refractivity contribution in [1.29, 1.82) is 0 Å². The highest BCUT2D eigenvalue weighted by Gasteiger charge is 2.29. The van der Waals surface area contributed by atoms with Crippen LogP contribution in [0.15, 0.2) is 35.9 Å². The summed E-state index contributed by atoms with van der Waals surface area (Å²) in [7, 11) is 0. The van der Waals surface area contributed by atoms with Gasteiger partial charge in [-0.05, 0) is 61.0 Å². The van der Waals surface area contributed by atoms with E-state index in [-0.39, 0.29) is 6.04 Å². The van der Waals surface area contributed by atoms with E-state index >= 15 is 0 Å². The minimum Gasteiger partial charge on any atom is -0.324 e. The number of benzene rings is 1. The maximum Gasteiger partial charge on any atom is 0.0231 e. The van der Waals surface area contributed by atoms with Gasteiger partial charge < -0.3 is 5.73 Å². The third-order valence-electron chi connectivity index (χ3n) is 4.95. The van der Waals surface area contributed by atoms with E-state index in [0.717, 1.165) is 6.42 Å². The Labute approximate surface area is 123 Å². The van der Waals surface area contributed by atoms with Crippen LogP contribution in [0, 0.1) is 5.41 Å². The van der Waals surface area contributed by atoms with Gasteiger partial charge >= 0.3 is 0 Å². The molecule has 108 valence electrons. The summed E-state index contributed by atoms with van der Waals surface area (Å²) >= 11 is 0. The lowest BCUT2D eigenvalue weighted by atomic mass is 9.71. The molecule has 0 spiro atoms. The van der Waals surface area contributed by atoms with Gasteiger partial charge in [0.2, 0.25) is 0 Å². The van der Waals surface area contributed by atoms with Crippen LogP contribution in [0.2, 0.25) is 0 Å². The van der Waals surface area contributed by atoms with Crippen LogP contribution >= 0.6 is 0 Å². The Balaban J connectivity index is 1.79. The number of fused-ring (bicyclic) bond motifs is 1. The molecule has 2 aliphatic carbocycles. The summed E-state index contributed by atoms with van der Waals surface area (Å²) in [5.41, 5.74) is 11.4. The number of rotatable bonds is 2. The van der Waals surface area contributed by atoms with Crippen LogP contribution in [0.5, 0.6) is 0 Å². The van der Waals surface area contributed by atoms with Crippen molar-refractivity contribution in [3.05, 3.63) is 47.0 Å². The SMILES string of the molecule is CC1(C)CC(CC2CCCc3ccccc32)=CC(N)C1. The second-order valence-electron chi connectivity index (χ2n) is 7.53. The average molecular weight is 269 g/mol. The zero-order valence-electron chi connectivity index (χ0n) is 12.9. The molecule has 0 radical (unpaired) electrons. The zero-order valence-corrected chi connectivity index (χ0v) is 12.9. The Morgan fingerprint density at radius 2 is 2.05 bits per heavy atom. The predicted molar refractivity (Wildman–Crippen MR) is 85.8 cm³/mol. The van der Waals surface area contributed by atoms with Gasteiger partial charge in [-0.15, -0.1) is 0 Å². The van der Waals surface area contributed by atoms with E-state index in [9.17, 15) is 0 Å². The van der Waals surface area contributed by atoms with Crippen molar-refractivity contribution in [2.24, 2.45) is 11.1 Å². The second-order valence-corrected chi connectivity index (χ2v) is 7.53. The Morgan fingerprint density at radius 3 is 2.85 bits per heavy atom. The average Bonchev–Trinajstić information content (AvgIpc) is 2.37. The quantitative estimate of drug-likeness (QED) is 0.782. The lowest BCUT2D eigenvalue weighted by Gasteiger charge is -2.35. The number of allylic oxidation sites excluding steroid dienone is 1. The lowest BCUT2D eigenvalue weighted by Crippen LogP contribution is -2.31. The molecule has 2 aliphatic rings. The first-order valence-electron chi connectivity index (χ1n) is 8.06. The van der Waals surface area contributed by atoms with E-state index in [4.69, 9.17) is 5.73 Å². The first-order valence-corrected chi connectivity index (χ1v) is 8.06. The van der Waals surface area contributed by atoms with Gasteiger partial charge in [-0.2, -0.15) is 0 Å². The molecule has 1 aromatic carbocycles. The van der Waals surface area contributed by atoms with E-state index in [1.807, 2.05) is 0 Å². The molecule has 2 atom stereocenters. The van der Waals surface area contributed by atoms with Gasteiger partial charge in [-0.1, -0.05) is 49.8 Å². The van der Waals surface area contributed by atoms with Gasteiger partial charge in [0, 0.05) is 6.04 Å². The maximum atomic E-state index is 6.22. The van der Waals surface area contributed by atoms with Gasteiger partial charge in [-0.25, -0.2) is 0 Å². The van der Waals surface area contributed by atoms with Crippen molar-refractivity contribution < 1.29 is 0 Å². The molecule has 20 heavy (non-hydrogen) atoms. The summed E-state index contributed by atoms with van der Waals surface area (Å²) in [5, 5.41) is 0. The number of hydrogen-bond acceptors (Lipinski definition) is 1. The fraction of sp³-hybridized carbons (Fsp3) is 0.579. The van der Waals surface area contributed by atoms with Crippen molar-refractivity contribution in [3.8, 4) is 0 Å². The van der Waals surface area contributed by atoms with Crippen molar-refractivity contribution >= 4 is 0 Å². The van der Waals surface area contributed by atoms with Crippen LogP contribution in [-0.2, 0) is 6.42 Å². The lowest BCUT2D eigenvalue weighted by molar-refractivity contribution is 0.294. The molecule has 2 unspecified atom stereocenters. The molecule has 0 fully saturated rings. The molecule has 3 rings (SSSR count).